The zero-order chi connectivity index (χ0) is 22.6. The first-order chi connectivity index (χ1) is 14.9. The summed E-state index contributed by atoms with van der Waals surface area (Å²) in [6, 6.07) is 14.0. The van der Waals surface area contributed by atoms with Gasteiger partial charge in [0.05, 0.1) is 34.4 Å². The van der Waals surface area contributed by atoms with Gasteiger partial charge in [0, 0.05) is 5.92 Å². The first kappa shape index (κ1) is 22.1. The molecule has 164 valence electrons. The molecule has 0 bridgehead atoms. The highest BCUT2D eigenvalue weighted by Crippen LogP contribution is 2.67. The smallest absolute Gasteiger partial charge is 0.324 e. The molecule has 0 aliphatic heterocycles. The Labute approximate surface area is 180 Å². The van der Waals surface area contributed by atoms with Crippen molar-refractivity contribution >= 4 is 17.9 Å². The van der Waals surface area contributed by atoms with Gasteiger partial charge in [-0.05, 0) is 23.3 Å². The standard InChI is InChI=1S/C23H24O8/c1-27-16-11-10-15(12-17(16)28-2)18-19(23(18,21(25)29-3)22(26)30-4)20(24)31-13-14-8-6-5-7-9-14/h5-12,18-19H,13H2,1-4H3/t18-,19+/m1/s1. The lowest BCUT2D eigenvalue weighted by molar-refractivity contribution is -0.166. The van der Waals surface area contributed by atoms with Gasteiger partial charge in [-0.1, -0.05) is 36.4 Å². The first-order valence-corrected chi connectivity index (χ1v) is 9.54. The molecule has 8 nitrogen and oxygen atoms in total. The number of ether oxygens (including phenoxy) is 5. The van der Waals surface area contributed by atoms with Gasteiger partial charge < -0.3 is 23.7 Å². The fraction of sp³-hybridized carbons (Fsp3) is 0.348. The molecule has 2 aromatic rings. The van der Waals surface area contributed by atoms with Crippen molar-refractivity contribution in [2.45, 2.75) is 12.5 Å². The van der Waals surface area contributed by atoms with Gasteiger partial charge >= 0.3 is 17.9 Å². The van der Waals surface area contributed by atoms with E-state index in [4.69, 9.17) is 23.7 Å². The molecule has 2 atom stereocenters. The van der Waals surface area contributed by atoms with Crippen molar-refractivity contribution in [2.24, 2.45) is 11.3 Å². The summed E-state index contributed by atoms with van der Waals surface area (Å²) >= 11 is 0. The number of esters is 3. The molecular formula is C23H24O8. The maximum atomic E-state index is 13.0. The quantitative estimate of drug-likeness (QED) is 0.359. The summed E-state index contributed by atoms with van der Waals surface area (Å²) < 4.78 is 25.8. The minimum Gasteiger partial charge on any atom is -0.493 e. The van der Waals surface area contributed by atoms with Crippen molar-refractivity contribution < 1.29 is 38.1 Å². The van der Waals surface area contributed by atoms with Gasteiger partial charge in [-0.25, -0.2) is 0 Å². The van der Waals surface area contributed by atoms with Gasteiger partial charge in [0.1, 0.15) is 6.61 Å². The molecule has 8 heteroatoms. The summed E-state index contributed by atoms with van der Waals surface area (Å²) in [5, 5.41) is 0. The Kier molecular flexibility index (Phi) is 6.48. The average molecular weight is 428 g/mol. The Balaban J connectivity index is 1.98. The molecule has 1 saturated carbocycles. The molecule has 0 amide bonds. The molecule has 31 heavy (non-hydrogen) atoms. The third kappa shape index (κ3) is 3.81. The summed E-state index contributed by atoms with van der Waals surface area (Å²) in [7, 11) is 5.27. The molecule has 1 aliphatic rings. The molecule has 0 saturated heterocycles. The van der Waals surface area contributed by atoms with E-state index < -0.39 is 35.2 Å². The highest BCUT2D eigenvalue weighted by atomic mass is 16.6. The monoisotopic (exact) mass is 428 g/mol. The van der Waals surface area contributed by atoms with Gasteiger partial charge in [0.2, 0.25) is 0 Å². The van der Waals surface area contributed by atoms with Gasteiger partial charge in [0.25, 0.3) is 0 Å². The molecule has 0 unspecified atom stereocenters. The van der Waals surface area contributed by atoms with Crippen LogP contribution in [0.3, 0.4) is 0 Å². The first-order valence-electron chi connectivity index (χ1n) is 9.54. The Morgan fingerprint density at radius 1 is 0.839 bits per heavy atom. The van der Waals surface area contributed by atoms with Crippen molar-refractivity contribution in [1.82, 2.24) is 0 Å². The number of hydrogen-bond acceptors (Lipinski definition) is 8. The van der Waals surface area contributed by atoms with Crippen LogP contribution in [-0.4, -0.2) is 46.3 Å². The lowest BCUT2D eigenvalue weighted by Gasteiger charge is -2.14. The number of benzene rings is 2. The molecule has 3 rings (SSSR count). The van der Waals surface area contributed by atoms with E-state index in [0.29, 0.717) is 17.1 Å². The highest BCUT2D eigenvalue weighted by molar-refractivity contribution is 6.11. The molecule has 0 spiro atoms. The molecule has 2 aromatic carbocycles. The fourth-order valence-electron chi connectivity index (χ4n) is 3.96. The van der Waals surface area contributed by atoms with Crippen LogP contribution in [0, 0.1) is 11.3 Å². The lowest BCUT2D eigenvalue weighted by Crippen LogP contribution is -2.33. The molecular weight excluding hydrogens is 404 g/mol. The van der Waals surface area contributed by atoms with Crippen molar-refractivity contribution in [2.75, 3.05) is 28.4 Å². The summed E-state index contributed by atoms with van der Waals surface area (Å²) in [5.41, 5.74) is -0.535. The second-order valence-corrected chi connectivity index (χ2v) is 7.02. The van der Waals surface area contributed by atoms with Crippen molar-refractivity contribution in [1.29, 1.82) is 0 Å². The van der Waals surface area contributed by atoms with Crippen LogP contribution < -0.4 is 9.47 Å². The Bertz CT molecular complexity index is 953. The molecule has 0 heterocycles. The molecule has 1 aliphatic carbocycles. The van der Waals surface area contributed by atoms with Crippen LogP contribution in [0.1, 0.15) is 17.0 Å². The Morgan fingerprint density at radius 2 is 1.45 bits per heavy atom. The number of carbonyl (C=O) groups is 3. The summed E-state index contributed by atoms with van der Waals surface area (Å²) in [6.07, 6.45) is 0. The normalized spacial score (nSPS) is 18.5. The Morgan fingerprint density at radius 3 is 2.00 bits per heavy atom. The van der Waals surface area contributed by atoms with Gasteiger partial charge in [-0.2, -0.15) is 0 Å². The number of rotatable bonds is 8. The zero-order valence-electron chi connectivity index (χ0n) is 17.7. The number of methoxy groups -OCH3 is 4. The van der Waals surface area contributed by atoms with Crippen molar-refractivity contribution in [3.05, 3.63) is 59.7 Å². The predicted octanol–water partition coefficient (Wildman–Crippen LogP) is 2.49. The van der Waals surface area contributed by atoms with Gasteiger partial charge in [0.15, 0.2) is 16.9 Å². The average Bonchev–Trinajstić information content (AvgIpc) is 3.53. The van der Waals surface area contributed by atoms with E-state index in [1.165, 1.54) is 14.2 Å². The zero-order valence-corrected chi connectivity index (χ0v) is 17.7. The summed E-state index contributed by atoms with van der Waals surface area (Å²) in [5.74, 6) is -3.49. The van der Waals surface area contributed by atoms with Crippen LogP contribution in [0.25, 0.3) is 0 Å². The van der Waals surface area contributed by atoms with Crippen molar-refractivity contribution in [3.63, 3.8) is 0 Å². The van der Waals surface area contributed by atoms with E-state index in [0.717, 1.165) is 19.8 Å². The molecule has 0 aromatic heterocycles. The predicted molar refractivity (Wildman–Crippen MR) is 108 cm³/mol. The number of carbonyl (C=O) groups excluding carboxylic acids is 3. The molecule has 1 fully saturated rings. The van der Waals surface area contributed by atoms with Crippen LogP contribution in [0.15, 0.2) is 48.5 Å². The van der Waals surface area contributed by atoms with E-state index >= 15 is 0 Å². The fourth-order valence-corrected chi connectivity index (χ4v) is 3.96. The molecule has 0 radical (unpaired) electrons. The second kappa shape index (κ2) is 9.07. The molecule has 0 N–H and O–H groups in total. The lowest BCUT2D eigenvalue weighted by atomic mass is 9.98. The SMILES string of the molecule is COC(=O)C1(C(=O)OC)[C@H](C(=O)OCc2ccccc2)[C@H]1c1ccc(OC)c(OC)c1. The van der Waals surface area contributed by atoms with E-state index in [9.17, 15) is 14.4 Å². The summed E-state index contributed by atoms with van der Waals surface area (Å²) in [4.78, 5) is 38.5. The van der Waals surface area contributed by atoms with Gasteiger partial charge in [-0.15, -0.1) is 0 Å². The van der Waals surface area contributed by atoms with E-state index in [1.54, 1.807) is 30.3 Å². The highest BCUT2D eigenvalue weighted by Gasteiger charge is 2.80. The van der Waals surface area contributed by atoms with Crippen LogP contribution in [0.2, 0.25) is 0 Å². The van der Waals surface area contributed by atoms with Crippen LogP contribution in [-0.2, 0) is 35.2 Å². The number of hydrogen-bond donors (Lipinski definition) is 0. The largest absolute Gasteiger partial charge is 0.493 e. The maximum absolute atomic E-state index is 13.0. The third-order valence-corrected chi connectivity index (χ3v) is 5.50. The summed E-state index contributed by atoms with van der Waals surface area (Å²) in [6.45, 7) is 0.00719. The van der Waals surface area contributed by atoms with E-state index in [1.807, 2.05) is 18.2 Å². The Hall–Kier alpha value is -3.55. The van der Waals surface area contributed by atoms with Crippen LogP contribution in [0.4, 0.5) is 0 Å². The second-order valence-electron chi connectivity index (χ2n) is 7.02. The minimum atomic E-state index is -1.84. The maximum Gasteiger partial charge on any atom is 0.324 e. The topological polar surface area (TPSA) is 97.4 Å². The van der Waals surface area contributed by atoms with E-state index in [-0.39, 0.29) is 6.61 Å². The van der Waals surface area contributed by atoms with E-state index in [2.05, 4.69) is 0 Å². The van der Waals surface area contributed by atoms with Crippen LogP contribution >= 0.6 is 0 Å². The third-order valence-electron chi connectivity index (χ3n) is 5.50. The minimum absolute atomic E-state index is 0.00719. The van der Waals surface area contributed by atoms with Gasteiger partial charge in [-0.3, -0.25) is 14.4 Å². The van der Waals surface area contributed by atoms with Crippen LogP contribution in [0.5, 0.6) is 11.5 Å². The van der Waals surface area contributed by atoms with Crippen molar-refractivity contribution in [3.8, 4) is 11.5 Å².